The summed E-state index contributed by atoms with van der Waals surface area (Å²) in [5.41, 5.74) is 3.98. The first-order valence-corrected chi connectivity index (χ1v) is 16.0. The van der Waals surface area contributed by atoms with Gasteiger partial charge in [-0.1, -0.05) is 140 Å². The molecule has 1 aliphatic heterocycles. The molecule has 0 saturated carbocycles. The van der Waals surface area contributed by atoms with Crippen molar-refractivity contribution in [3.63, 3.8) is 0 Å². The van der Waals surface area contributed by atoms with Gasteiger partial charge in [-0.25, -0.2) is 0 Å². The van der Waals surface area contributed by atoms with Gasteiger partial charge in [0.25, 0.3) is 0 Å². The van der Waals surface area contributed by atoms with Crippen molar-refractivity contribution in [3.05, 3.63) is 41.0 Å². The molecule has 1 N–H and O–H groups in total. The minimum Gasteiger partial charge on any atom is -0.328 e. The van der Waals surface area contributed by atoms with E-state index in [1.807, 2.05) is 0 Å². The van der Waals surface area contributed by atoms with Gasteiger partial charge in [-0.3, -0.25) is 9.05 Å². The average Bonchev–Trinajstić information content (AvgIpc) is 2.73. The summed E-state index contributed by atoms with van der Waals surface area (Å²) in [4.78, 5) is 10.9. The molecule has 1 aromatic carbocycles. The molecule has 3 nitrogen and oxygen atoms in total. The molecule has 1 saturated heterocycles. The van der Waals surface area contributed by atoms with Crippen molar-refractivity contribution in [3.8, 4) is 0 Å². The highest BCUT2D eigenvalue weighted by molar-refractivity contribution is 7.41. The molecule has 1 aliphatic carbocycles. The second kappa shape index (κ2) is 9.68. The Kier molecular flexibility index (Phi) is 8.10. The van der Waals surface area contributed by atoms with Gasteiger partial charge in [-0.15, -0.1) is 0 Å². The molecular formula is C34H57O3P. The van der Waals surface area contributed by atoms with Crippen LogP contribution in [0.4, 0.5) is 0 Å². The zero-order valence-electron chi connectivity index (χ0n) is 27.2. The summed E-state index contributed by atoms with van der Waals surface area (Å²) in [6, 6.07) is 8.82. The van der Waals surface area contributed by atoms with Gasteiger partial charge < -0.3 is 4.89 Å². The second-order valence-electron chi connectivity index (χ2n) is 15.8. The van der Waals surface area contributed by atoms with E-state index in [0.717, 1.165) is 19.3 Å². The molecule has 0 radical (unpaired) electrons. The van der Waals surface area contributed by atoms with Crippen molar-refractivity contribution in [1.82, 2.24) is 0 Å². The van der Waals surface area contributed by atoms with Gasteiger partial charge >= 0.3 is 8.60 Å². The van der Waals surface area contributed by atoms with Gasteiger partial charge in [0, 0.05) is 16.4 Å². The second-order valence-corrected chi connectivity index (χ2v) is 16.7. The van der Waals surface area contributed by atoms with Gasteiger partial charge in [-0.2, -0.15) is 0 Å². The summed E-state index contributed by atoms with van der Waals surface area (Å²) in [6.07, 6.45) is 2.82. The van der Waals surface area contributed by atoms with E-state index in [1.165, 1.54) is 22.3 Å². The summed E-state index contributed by atoms with van der Waals surface area (Å²) < 4.78 is 13.7. The summed E-state index contributed by atoms with van der Waals surface area (Å²) in [7, 11) is -1.94. The number of hydrogen-bond acceptors (Lipinski definition) is 3. The van der Waals surface area contributed by atoms with Crippen molar-refractivity contribution < 1.29 is 13.9 Å². The molecule has 1 aromatic rings. The fraction of sp³-hybridized carbons (Fsp3) is 0.765. The Bertz CT molecular complexity index is 1020. The zero-order valence-corrected chi connectivity index (χ0v) is 28.1. The first-order chi connectivity index (χ1) is 17.2. The van der Waals surface area contributed by atoms with Crippen LogP contribution < -0.4 is 0 Å². The molecule has 1 atom stereocenters. The number of rotatable bonds is 4. The lowest BCUT2D eigenvalue weighted by Crippen LogP contribution is -2.77. The maximum absolute atomic E-state index is 10.9. The molecule has 1 spiro atoms. The fourth-order valence-electron chi connectivity index (χ4n) is 10.5. The topological polar surface area (TPSA) is 38.7 Å². The third-order valence-electron chi connectivity index (χ3n) is 10.2. The van der Waals surface area contributed by atoms with Crippen LogP contribution in [0.1, 0.15) is 128 Å². The lowest BCUT2D eigenvalue weighted by atomic mass is 9.30. The summed E-state index contributed by atoms with van der Waals surface area (Å²) in [6.45, 7) is 35.9. The predicted molar refractivity (Wildman–Crippen MR) is 164 cm³/mol. The van der Waals surface area contributed by atoms with Crippen LogP contribution in [0.15, 0.2) is 29.8 Å². The Hall–Kier alpha value is -0.730. The van der Waals surface area contributed by atoms with Crippen LogP contribution in [-0.2, 0) is 15.5 Å². The highest BCUT2D eigenvalue weighted by Gasteiger charge is 2.81. The Labute approximate surface area is 236 Å². The van der Waals surface area contributed by atoms with Crippen LogP contribution in [-0.4, -0.2) is 10.7 Å². The van der Waals surface area contributed by atoms with Crippen LogP contribution in [0.3, 0.4) is 0 Å². The van der Waals surface area contributed by atoms with Gasteiger partial charge in [0.15, 0.2) is 0 Å². The molecule has 0 bridgehead atoms. The van der Waals surface area contributed by atoms with E-state index in [2.05, 4.69) is 128 Å². The van der Waals surface area contributed by atoms with E-state index in [1.54, 1.807) is 0 Å². The molecule has 0 amide bonds. The normalized spacial score (nSPS) is 28.0. The van der Waals surface area contributed by atoms with Crippen molar-refractivity contribution in [2.24, 2.45) is 38.4 Å². The molecule has 4 heteroatoms. The lowest BCUT2D eigenvalue weighted by molar-refractivity contribution is -0.342. The monoisotopic (exact) mass is 544 g/mol. The van der Waals surface area contributed by atoms with E-state index < -0.39 is 19.8 Å². The molecule has 0 aromatic heterocycles. The Balaban J connectivity index is 2.84. The van der Waals surface area contributed by atoms with Gasteiger partial charge in [-0.05, 0) is 51.5 Å². The number of hydrogen-bond donors (Lipinski definition) is 1. The maximum Gasteiger partial charge on any atom is 0.335 e. The minimum absolute atomic E-state index is 0.0548. The van der Waals surface area contributed by atoms with Crippen LogP contribution in [0.5, 0.6) is 0 Å². The third kappa shape index (κ3) is 3.88. The van der Waals surface area contributed by atoms with Crippen molar-refractivity contribution in [1.29, 1.82) is 0 Å². The maximum atomic E-state index is 10.9. The Morgan fingerprint density at radius 3 is 1.55 bits per heavy atom. The van der Waals surface area contributed by atoms with Crippen LogP contribution >= 0.6 is 8.60 Å². The van der Waals surface area contributed by atoms with Crippen molar-refractivity contribution in [2.45, 2.75) is 129 Å². The molecule has 1 fully saturated rings. The largest absolute Gasteiger partial charge is 0.335 e. The molecule has 38 heavy (non-hydrogen) atoms. The smallest absolute Gasteiger partial charge is 0.328 e. The zero-order chi connectivity index (χ0) is 29.3. The molecule has 1 heterocycles. The highest BCUT2D eigenvalue weighted by Crippen LogP contribution is 2.84. The van der Waals surface area contributed by atoms with E-state index in [-0.39, 0.29) is 33.0 Å². The lowest BCUT2D eigenvalue weighted by Gasteiger charge is -2.77. The van der Waals surface area contributed by atoms with E-state index in [9.17, 15) is 4.89 Å². The summed E-state index contributed by atoms with van der Waals surface area (Å²) >= 11 is 0. The first-order valence-electron chi connectivity index (χ1n) is 14.9. The van der Waals surface area contributed by atoms with E-state index in [0.29, 0.717) is 0 Å². The molecule has 2 aliphatic rings. The van der Waals surface area contributed by atoms with Gasteiger partial charge in [0.2, 0.25) is 5.79 Å². The standard InChI is InChI=1S/C34H57O3P/c1-16-23-21-19-20-22-24(23)27-25(17-2)32(28(4,5)6,29(7,8)9)26(18-3)33(30(10,11)12,31(13,14)15)34(27)36-38(35)37-34/h19-22,26,35H,16-18H2,1-15H3. The SMILES string of the molecule is CCC1=C(c2ccccc2CC)C2(OP(O)O2)C(C(C)(C)C)(C(C)(C)C)C(CC)C1(C(C)(C)C)C(C)(C)C. The summed E-state index contributed by atoms with van der Waals surface area (Å²) in [5, 5.41) is 0. The van der Waals surface area contributed by atoms with Gasteiger partial charge in [0.1, 0.15) is 0 Å². The highest BCUT2D eigenvalue weighted by atomic mass is 31.2. The van der Waals surface area contributed by atoms with Crippen molar-refractivity contribution in [2.75, 3.05) is 0 Å². The van der Waals surface area contributed by atoms with Crippen LogP contribution in [0.25, 0.3) is 5.57 Å². The van der Waals surface area contributed by atoms with Crippen molar-refractivity contribution >= 4 is 14.2 Å². The number of aryl methyl sites for hydroxylation is 1. The van der Waals surface area contributed by atoms with Crippen LogP contribution in [0, 0.1) is 38.4 Å². The Morgan fingerprint density at radius 1 is 0.737 bits per heavy atom. The molecule has 1 unspecified atom stereocenters. The number of allylic oxidation sites excluding steroid dienone is 1. The first kappa shape index (κ1) is 31.8. The third-order valence-corrected chi connectivity index (χ3v) is 11.1. The van der Waals surface area contributed by atoms with Crippen LogP contribution in [0.2, 0.25) is 0 Å². The minimum atomic E-state index is -1.94. The van der Waals surface area contributed by atoms with E-state index >= 15 is 0 Å². The quantitative estimate of drug-likeness (QED) is 0.383. The number of benzene rings is 1. The predicted octanol–water partition coefficient (Wildman–Crippen LogP) is 10.6. The molecule has 3 rings (SSSR count). The average molecular weight is 545 g/mol. The molecule has 216 valence electrons. The fourth-order valence-corrected chi connectivity index (χ4v) is 11.5. The molecular weight excluding hydrogens is 487 g/mol. The summed E-state index contributed by atoms with van der Waals surface area (Å²) in [5.74, 6) is -0.812. The van der Waals surface area contributed by atoms with Gasteiger partial charge in [0.05, 0.1) is 0 Å². The van der Waals surface area contributed by atoms with E-state index in [4.69, 9.17) is 9.05 Å². The Morgan fingerprint density at radius 2 is 1.21 bits per heavy atom.